The van der Waals surface area contributed by atoms with E-state index in [9.17, 15) is 0 Å². The van der Waals surface area contributed by atoms with Crippen LogP contribution in [0, 0.1) is 0 Å². The lowest BCUT2D eigenvalue weighted by molar-refractivity contribution is -0.0674. The topological polar surface area (TPSA) is 18.5 Å². The first kappa shape index (κ1) is 54.8. The third kappa shape index (κ3) is 17.3. The van der Waals surface area contributed by atoms with Crippen molar-refractivity contribution >= 4 is 77.6 Å². The standard InChI is InChI=1S/3C18H15P.C15H22O2/c3*1-4-10-16(11-5-1)19(17-12-6-2-7-13-17)18-14-8-3-9-15-18;1-4-6-12-16-13(3)17-15-11-8-7-10-14(15)9-5-2/h3*1-15H;5,7-11,13H,4,6,12H2,1-3H3. The van der Waals surface area contributed by atoms with Gasteiger partial charge in [0.25, 0.3) is 0 Å². The predicted molar refractivity (Wildman–Crippen MR) is 328 cm³/mol. The van der Waals surface area contributed by atoms with Crippen LogP contribution in [0.4, 0.5) is 0 Å². The van der Waals surface area contributed by atoms with Crippen molar-refractivity contribution in [1.29, 1.82) is 0 Å². The van der Waals surface area contributed by atoms with Crippen LogP contribution in [0.25, 0.3) is 6.08 Å². The van der Waals surface area contributed by atoms with Gasteiger partial charge in [-0.15, -0.1) is 0 Å². The molecule has 2 nitrogen and oxygen atoms in total. The minimum Gasteiger partial charge on any atom is -0.465 e. The van der Waals surface area contributed by atoms with E-state index >= 15 is 0 Å². The summed E-state index contributed by atoms with van der Waals surface area (Å²) < 4.78 is 11.3. The van der Waals surface area contributed by atoms with Gasteiger partial charge in [0, 0.05) is 5.56 Å². The Morgan fingerprint density at radius 3 is 0.797 bits per heavy atom. The molecule has 0 aromatic heterocycles. The normalized spacial score (nSPS) is 11.1. The van der Waals surface area contributed by atoms with Crippen LogP contribution >= 0.6 is 23.8 Å². The molecular weight excluding hydrogens is 954 g/mol. The molecule has 0 fully saturated rings. The van der Waals surface area contributed by atoms with Crippen molar-refractivity contribution < 1.29 is 9.47 Å². The maximum Gasteiger partial charge on any atom is 0.197 e. The predicted octanol–water partition coefficient (Wildman–Crippen LogP) is 14.6. The van der Waals surface area contributed by atoms with Crippen molar-refractivity contribution in [3.63, 3.8) is 0 Å². The first-order chi connectivity index (χ1) is 36.6. The number of ether oxygens (including phenoxy) is 2. The summed E-state index contributed by atoms with van der Waals surface area (Å²) in [5, 5.41) is 12.6. The van der Waals surface area contributed by atoms with Crippen LogP contribution in [0.2, 0.25) is 0 Å². The minimum absolute atomic E-state index is 0.201. The van der Waals surface area contributed by atoms with Crippen LogP contribution in [-0.2, 0) is 4.74 Å². The molecule has 10 rings (SSSR count). The van der Waals surface area contributed by atoms with Crippen molar-refractivity contribution in [2.24, 2.45) is 0 Å². The lowest BCUT2D eigenvalue weighted by Gasteiger charge is -2.18. The summed E-state index contributed by atoms with van der Waals surface area (Å²) in [5.74, 6) is 0.870. The van der Waals surface area contributed by atoms with E-state index in [0.717, 1.165) is 30.8 Å². The van der Waals surface area contributed by atoms with Crippen LogP contribution in [0.5, 0.6) is 5.75 Å². The molecule has 370 valence electrons. The third-order valence-electron chi connectivity index (χ3n) is 11.5. The highest BCUT2D eigenvalue weighted by atomic mass is 31.1. The van der Waals surface area contributed by atoms with Gasteiger partial charge in [-0.25, -0.2) is 0 Å². The summed E-state index contributed by atoms with van der Waals surface area (Å²) in [5.41, 5.74) is 1.08. The zero-order valence-corrected chi connectivity index (χ0v) is 45.5. The number of allylic oxidation sites excluding steroid dienone is 1. The van der Waals surface area contributed by atoms with Crippen molar-refractivity contribution in [2.75, 3.05) is 6.61 Å². The fourth-order valence-corrected chi connectivity index (χ4v) is 15.0. The van der Waals surface area contributed by atoms with E-state index in [1.165, 1.54) is 47.7 Å². The average molecular weight is 1020 g/mol. The van der Waals surface area contributed by atoms with E-state index in [2.05, 4.69) is 280 Å². The molecule has 0 bridgehead atoms. The van der Waals surface area contributed by atoms with Crippen molar-refractivity contribution in [3.05, 3.63) is 309 Å². The Bertz CT molecular complexity index is 2480. The third-order valence-corrected chi connectivity index (χ3v) is 18.9. The number of para-hydroxylation sites is 1. The first-order valence-corrected chi connectivity index (χ1v) is 29.5. The number of hydrogen-bond acceptors (Lipinski definition) is 2. The highest BCUT2D eigenvalue weighted by molar-refractivity contribution is 7.80. The van der Waals surface area contributed by atoms with E-state index in [-0.39, 0.29) is 6.29 Å². The maximum absolute atomic E-state index is 5.77. The molecule has 0 amide bonds. The summed E-state index contributed by atoms with van der Waals surface area (Å²) in [6, 6.07) is 105. The molecule has 0 aliphatic rings. The summed E-state index contributed by atoms with van der Waals surface area (Å²) in [6.45, 7) is 6.83. The molecule has 0 N–H and O–H groups in total. The van der Waals surface area contributed by atoms with Crippen molar-refractivity contribution in [3.8, 4) is 5.75 Å². The maximum atomic E-state index is 5.77. The van der Waals surface area contributed by atoms with E-state index in [4.69, 9.17) is 9.47 Å². The second kappa shape index (κ2) is 31.6. The second-order valence-corrected chi connectivity index (χ2v) is 23.6. The summed E-state index contributed by atoms with van der Waals surface area (Å²) in [6.07, 6.45) is 6.05. The fraction of sp³-hybridized carbons (Fsp3) is 0.101. The van der Waals surface area contributed by atoms with Crippen LogP contribution < -0.4 is 52.5 Å². The number of unbranched alkanes of at least 4 members (excludes halogenated alkanes) is 1. The minimum atomic E-state index is -0.446. The molecule has 0 heterocycles. The molecule has 10 aromatic carbocycles. The molecule has 5 heteroatoms. The summed E-state index contributed by atoms with van der Waals surface area (Å²) in [7, 11) is -1.34. The number of benzene rings is 10. The van der Waals surface area contributed by atoms with Gasteiger partial charge in [0.2, 0.25) is 0 Å². The highest BCUT2D eigenvalue weighted by Crippen LogP contribution is 2.34. The molecule has 74 heavy (non-hydrogen) atoms. The van der Waals surface area contributed by atoms with Crippen molar-refractivity contribution in [1.82, 2.24) is 0 Å². The van der Waals surface area contributed by atoms with Gasteiger partial charge < -0.3 is 9.47 Å². The molecule has 1 unspecified atom stereocenters. The Morgan fingerprint density at radius 1 is 0.338 bits per heavy atom. The second-order valence-electron chi connectivity index (χ2n) is 17.0. The van der Waals surface area contributed by atoms with Crippen LogP contribution in [0.1, 0.15) is 39.2 Å². The lowest BCUT2D eigenvalue weighted by Crippen LogP contribution is -2.20. The van der Waals surface area contributed by atoms with Crippen LogP contribution in [0.3, 0.4) is 0 Å². The highest BCUT2D eigenvalue weighted by Gasteiger charge is 2.17. The average Bonchev–Trinajstić information content (AvgIpc) is 3.47. The molecule has 0 spiro atoms. The Labute approximate surface area is 445 Å². The van der Waals surface area contributed by atoms with Gasteiger partial charge in [-0.3, -0.25) is 0 Å². The van der Waals surface area contributed by atoms with Gasteiger partial charge in [0.15, 0.2) is 6.29 Å². The zero-order chi connectivity index (χ0) is 51.3. The van der Waals surface area contributed by atoms with Gasteiger partial charge in [0.1, 0.15) is 5.75 Å². The van der Waals surface area contributed by atoms with Crippen molar-refractivity contribution in [2.45, 2.75) is 39.9 Å². The molecule has 0 saturated carbocycles. The molecular formula is C69H67O2P3. The van der Waals surface area contributed by atoms with Crippen LogP contribution in [-0.4, -0.2) is 12.9 Å². The Morgan fingerprint density at radius 2 is 0.568 bits per heavy atom. The molecule has 1 atom stereocenters. The van der Waals surface area contributed by atoms with E-state index < -0.39 is 23.8 Å². The van der Waals surface area contributed by atoms with Gasteiger partial charge in [-0.2, -0.15) is 0 Å². The van der Waals surface area contributed by atoms with E-state index in [1.54, 1.807) is 0 Å². The molecule has 0 aliphatic heterocycles. The van der Waals surface area contributed by atoms with Gasteiger partial charge in [-0.05, 0) is 97.8 Å². The largest absolute Gasteiger partial charge is 0.465 e. The monoisotopic (exact) mass is 1020 g/mol. The molecule has 10 aromatic rings. The quantitative estimate of drug-likeness (QED) is 0.0545. The van der Waals surface area contributed by atoms with Gasteiger partial charge >= 0.3 is 0 Å². The molecule has 0 aliphatic carbocycles. The SMILES string of the molecule is CC=Cc1ccccc1OC(C)OCCCC.c1ccc(P(c2ccccc2)c2ccccc2)cc1.c1ccc(P(c2ccccc2)c2ccccc2)cc1.c1ccc(P(c2ccccc2)c2ccccc2)cc1. The zero-order valence-electron chi connectivity index (χ0n) is 42.8. The summed E-state index contributed by atoms with van der Waals surface area (Å²) >= 11 is 0. The van der Waals surface area contributed by atoms with E-state index in [1.807, 2.05) is 50.3 Å². The molecule has 0 radical (unpaired) electrons. The Balaban J connectivity index is 0.000000144. The molecule has 0 saturated heterocycles. The summed E-state index contributed by atoms with van der Waals surface area (Å²) in [4.78, 5) is 0. The number of rotatable bonds is 16. The van der Waals surface area contributed by atoms with Gasteiger partial charge in [0.05, 0.1) is 6.61 Å². The smallest absolute Gasteiger partial charge is 0.197 e. The van der Waals surface area contributed by atoms with Crippen LogP contribution in [0.15, 0.2) is 303 Å². The lowest BCUT2D eigenvalue weighted by atomic mass is 10.2. The van der Waals surface area contributed by atoms with Gasteiger partial charge in [-0.1, -0.05) is 317 Å². The fourth-order valence-electron chi connectivity index (χ4n) is 8.05. The Kier molecular flexibility index (Phi) is 23.3. The number of hydrogen-bond donors (Lipinski definition) is 0. The Hall–Kier alpha value is -7.01. The first-order valence-electron chi connectivity index (χ1n) is 25.5. The van der Waals surface area contributed by atoms with E-state index in [0.29, 0.717) is 0 Å².